The Balaban J connectivity index is 1.78. The van der Waals surface area contributed by atoms with Crippen LogP contribution in [0.15, 0.2) is 66.7 Å². The molecule has 1 unspecified atom stereocenters. The average molecular weight is 357 g/mol. The van der Waals surface area contributed by atoms with Crippen molar-refractivity contribution < 1.29 is 9.90 Å². The van der Waals surface area contributed by atoms with E-state index >= 15 is 0 Å². The Labute approximate surface area is 159 Å². The number of hydrogen-bond donors (Lipinski definition) is 1. The van der Waals surface area contributed by atoms with Gasteiger partial charge in [-0.15, -0.1) is 0 Å². The van der Waals surface area contributed by atoms with Crippen LogP contribution in [0.5, 0.6) is 5.75 Å². The normalized spacial score (nSPS) is 16.1. The van der Waals surface area contributed by atoms with Crippen LogP contribution in [0.4, 0.5) is 0 Å². The maximum absolute atomic E-state index is 13.5. The van der Waals surface area contributed by atoms with Crippen LogP contribution in [0.1, 0.15) is 44.2 Å². The zero-order valence-corrected chi connectivity index (χ0v) is 15.6. The summed E-state index contributed by atoms with van der Waals surface area (Å²) in [6.07, 6.45) is 0.808. The molecule has 1 heterocycles. The number of nitrogens with zero attached hydrogens (tertiary/aromatic N) is 1. The maximum Gasteiger partial charge on any atom is 0.254 e. The number of aromatic hydroxyl groups is 1. The molecule has 4 rings (SSSR count). The Bertz CT molecular complexity index is 995. The third-order valence-electron chi connectivity index (χ3n) is 5.68. The summed E-state index contributed by atoms with van der Waals surface area (Å²) < 4.78 is 0. The Morgan fingerprint density at radius 2 is 1.56 bits per heavy atom. The zero-order valence-electron chi connectivity index (χ0n) is 15.6. The molecule has 0 radical (unpaired) electrons. The molecule has 1 aliphatic rings. The second-order valence-corrected chi connectivity index (χ2v) is 7.21. The van der Waals surface area contributed by atoms with Crippen molar-refractivity contribution in [2.75, 3.05) is 0 Å². The van der Waals surface area contributed by atoms with E-state index in [2.05, 4.69) is 30.3 Å². The number of carbonyl (C=O) groups excluding carboxylic acids is 1. The Morgan fingerprint density at radius 3 is 2.30 bits per heavy atom. The second-order valence-electron chi connectivity index (χ2n) is 7.21. The minimum Gasteiger partial charge on any atom is -0.508 e. The van der Waals surface area contributed by atoms with Crippen molar-refractivity contribution in [2.24, 2.45) is 0 Å². The lowest BCUT2D eigenvalue weighted by molar-refractivity contribution is 0.0637. The molecule has 3 heteroatoms. The predicted octanol–water partition coefficient (Wildman–Crippen LogP) is 4.95. The van der Waals surface area contributed by atoms with Gasteiger partial charge in [-0.3, -0.25) is 4.79 Å². The van der Waals surface area contributed by atoms with Crippen molar-refractivity contribution >= 4 is 5.91 Å². The molecule has 1 N–H and O–H groups in total. The van der Waals surface area contributed by atoms with Gasteiger partial charge >= 0.3 is 0 Å². The fourth-order valence-electron chi connectivity index (χ4n) is 3.90. The molecule has 3 aromatic carbocycles. The smallest absolute Gasteiger partial charge is 0.254 e. The van der Waals surface area contributed by atoms with Crippen LogP contribution in [0, 0.1) is 13.8 Å². The number of phenols is 1. The van der Waals surface area contributed by atoms with Gasteiger partial charge in [0.05, 0.1) is 6.04 Å². The molecule has 0 bridgehead atoms. The molecule has 0 saturated heterocycles. The third-order valence-corrected chi connectivity index (χ3v) is 5.68. The first-order chi connectivity index (χ1) is 13.1. The fraction of sp³-hybridized carbons (Fsp3) is 0.208. The number of hydrogen-bond acceptors (Lipinski definition) is 2. The minimum absolute atomic E-state index is 0.00195. The number of carbonyl (C=O) groups is 1. The predicted molar refractivity (Wildman–Crippen MR) is 107 cm³/mol. The van der Waals surface area contributed by atoms with Gasteiger partial charge in [0.2, 0.25) is 0 Å². The highest BCUT2D eigenvalue weighted by atomic mass is 16.3. The van der Waals surface area contributed by atoms with Crippen molar-refractivity contribution in [3.05, 3.63) is 100 Å². The van der Waals surface area contributed by atoms with Gasteiger partial charge in [0, 0.05) is 12.1 Å². The first kappa shape index (κ1) is 17.3. The highest BCUT2D eigenvalue weighted by Gasteiger charge is 2.32. The summed E-state index contributed by atoms with van der Waals surface area (Å²) in [7, 11) is 0. The maximum atomic E-state index is 13.5. The number of benzene rings is 3. The molecular weight excluding hydrogens is 334 g/mol. The van der Waals surface area contributed by atoms with Crippen LogP contribution in [0.3, 0.4) is 0 Å². The van der Waals surface area contributed by atoms with E-state index in [1.54, 1.807) is 12.1 Å². The van der Waals surface area contributed by atoms with Crippen LogP contribution in [-0.4, -0.2) is 15.9 Å². The van der Waals surface area contributed by atoms with Crippen molar-refractivity contribution in [1.29, 1.82) is 0 Å². The first-order valence-corrected chi connectivity index (χ1v) is 9.28. The topological polar surface area (TPSA) is 40.5 Å². The number of rotatable bonds is 2. The molecule has 3 aromatic rings. The molecule has 27 heavy (non-hydrogen) atoms. The van der Waals surface area contributed by atoms with E-state index in [0.717, 1.165) is 23.1 Å². The summed E-state index contributed by atoms with van der Waals surface area (Å²) in [4.78, 5) is 15.5. The molecule has 136 valence electrons. The molecule has 0 saturated carbocycles. The van der Waals surface area contributed by atoms with Gasteiger partial charge in [-0.25, -0.2) is 0 Å². The lowest BCUT2D eigenvalue weighted by Gasteiger charge is -2.38. The van der Waals surface area contributed by atoms with E-state index in [0.29, 0.717) is 12.1 Å². The summed E-state index contributed by atoms with van der Waals surface area (Å²) in [5, 5.41) is 9.95. The molecule has 3 nitrogen and oxygen atoms in total. The SMILES string of the molecule is Cc1c(O)ccc(C(=O)N2Cc3ccccc3CC2c2ccccc2)c1C. The van der Waals surface area contributed by atoms with E-state index in [-0.39, 0.29) is 17.7 Å². The Morgan fingerprint density at radius 1 is 0.889 bits per heavy atom. The third kappa shape index (κ3) is 3.10. The summed E-state index contributed by atoms with van der Waals surface area (Å²) >= 11 is 0. The van der Waals surface area contributed by atoms with Crippen molar-refractivity contribution in [3.63, 3.8) is 0 Å². The summed E-state index contributed by atoms with van der Waals surface area (Å²) in [6, 6.07) is 21.9. The number of fused-ring (bicyclic) bond motifs is 1. The molecular formula is C24H23NO2. The van der Waals surface area contributed by atoms with Crippen molar-refractivity contribution in [1.82, 2.24) is 4.90 Å². The van der Waals surface area contributed by atoms with E-state index in [9.17, 15) is 9.90 Å². The standard InChI is InChI=1S/C24H23NO2/c1-16-17(2)23(26)13-12-21(16)24(27)25-15-20-11-7-6-10-19(20)14-22(25)18-8-4-3-5-9-18/h3-13,22,26H,14-15H2,1-2H3. The highest BCUT2D eigenvalue weighted by molar-refractivity contribution is 5.96. The Hall–Kier alpha value is -3.07. The quantitative estimate of drug-likeness (QED) is 0.705. The number of phenolic OH excluding ortho intramolecular Hbond substituents is 1. The zero-order chi connectivity index (χ0) is 19.0. The van der Waals surface area contributed by atoms with E-state index in [1.165, 1.54) is 11.1 Å². The van der Waals surface area contributed by atoms with Gasteiger partial charge in [0.25, 0.3) is 5.91 Å². The highest BCUT2D eigenvalue weighted by Crippen LogP contribution is 2.35. The minimum atomic E-state index is 0.00195. The van der Waals surface area contributed by atoms with Gasteiger partial charge in [0.15, 0.2) is 0 Å². The van der Waals surface area contributed by atoms with E-state index in [1.807, 2.05) is 43.0 Å². The van der Waals surface area contributed by atoms with Crippen molar-refractivity contribution in [3.8, 4) is 5.75 Å². The second kappa shape index (κ2) is 6.92. The van der Waals surface area contributed by atoms with Crippen LogP contribution in [0.25, 0.3) is 0 Å². The van der Waals surface area contributed by atoms with Gasteiger partial charge in [0.1, 0.15) is 5.75 Å². The molecule has 1 atom stereocenters. The number of amides is 1. The van der Waals surface area contributed by atoms with E-state index in [4.69, 9.17) is 0 Å². The van der Waals surface area contributed by atoms with Gasteiger partial charge in [-0.1, -0.05) is 54.6 Å². The first-order valence-electron chi connectivity index (χ1n) is 9.28. The van der Waals surface area contributed by atoms with Crippen LogP contribution in [-0.2, 0) is 13.0 Å². The Kier molecular flexibility index (Phi) is 4.44. The average Bonchev–Trinajstić information content (AvgIpc) is 2.71. The van der Waals surface area contributed by atoms with Gasteiger partial charge in [-0.05, 0) is 60.2 Å². The molecule has 0 aliphatic carbocycles. The molecule has 1 aliphatic heterocycles. The summed E-state index contributed by atoms with van der Waals surface area (Å²) in [5.74, 6) is 0.242. The lowest BCUT2D eigenvalue weighted by atomic mass is 9.89. The lowest BCUT2D eigenvalue weighted by Crippen LogP contribution is -2.39. The molecule has 0 aromatic heterocycles. The van der Waals surface area contributed by atoms with Crippen LogP contribution >= 0.6 is 0 Å². The fourth-order valence-corrected chi connectivity index (χ4v) is 3.90. The molecule has 1 amide bonds. The van der Waals surface area contributed by atoms with Crippen LogP contribution in [0.2, 0.25) is 0 Å². The van der Waals surface area contributed by atoms with Crippen LogP contribution < -0.4 is 0 Å². The van der Waals surface area contributed by atoms with E-state index < -0.39 is 0 Å². The van der Waals surface area contributed by atoms with Gasteiger partial charge in [-0.2, -0.15) is 0 Å². The molecule has 0 fully saturated rings. The largest absolute Gasteiger partial charge is 0.508 e. The van der Waals surface area contributed by atoms with Gasteiger partial charge < -0.3 is 10.0 Å². The monoisotopic (exact) mass is 357 g/mol. The summed E-state index contributed by atoms with van der Waals surface area (Å²) in [5.41, 5.74) is 5.90. The summed E-state index contributed by atoms with van der Waals surface area (Å²) in [6.45, 7) is 4.34. The molecule has 0 spiro atoms. The van der Waals surface area contributed by atoms with Crippen molar-refractivity contribution in [2.45, 2.75) is 32.9 Å².